The maximum absolute atomic E-state index is 12.4. The minimum Gasteiger partial charge on any atom is -0.338 e. The van der Waals surface area contributed by atoms with Crippen LogP contribution in [0, 0.1) is 0 Å². The van der Waals surface area contributed by atoms with E-state index >= 15 is 0 Å². The highest BCUT2D eigenvalue weighted by atomic mass is 35.5. The summed E-state index contributed by atoms with van der Waals surface area (Å²) in [4.78, 5) is 18.6. The second-order valence-corrected chi connectivity index (χ2v) is 6.67. The van der Waals surface area contributed by atoms with Crippen LogP contribution in [0.15, 0.2) is 17.8 Å². The number of hydrogen-bond acceptors (Lipinski definition) is 4. The average Bonchev–Trinajstić information content (AvgIpc) is 3.06. The van der Waals surface area contributed by atoms with Crippen LogP contribution >= 0.6 is 22.9 Å². The Bertz CT molecular complexity index is 622. The van der Waals surface area contributed by atoms with Crippen molar-refractivity contribution in [3.8, 4) is 0 Å². The molecule has 0 saturated carbocycles. The summed E-state index contributed by atoms with van der Waals surface area (Å²) in [6.07, 6.45) is 3.18. The van der Waals surface area contributed by atoms with Gasteiger partial charge in [-0.2, -0.15) is 5.10 Å². The smallest absolute Gasteiger partial charge is 0.247 e. The van der Waals surface area contributed by atoms with Crippen molar-refractivity contribution in [3.63, 3.8) is 0 Å². The van der Waals surface area contributed by atoms with E-state index in [0.717, 1.165) is 10.7 Å². The van der Waals surface area contributed by atoms with Gasteiger partial charge in [-0.15, -0.1) is 11.3 Å². The molecule has 0 aliphatic carbocycles. The summed E-state index contributed by atoms with van der Waals surface area (Å²) >= 11 is 7.47. The lowest BCUT2D eigenvalue weighted by Crippen LogP contribution is -2.33. The predicted molar refractivity (Wildman–Crippen MR) is 84.6 cm³/mol. The van der Waals surface area contributed by atoms with Crippen molar-refractivity contribution in [1.82, 2.24) is 19.7 Å². The number of thiazole rings is 1. The maximum Gasteiger partial charge on any atom is 0.247 e. The molecule has 0 aliphatic heterocycles. The Balaban J connectivity index is 2.01. The highest BCUT2D eigenvalue weighted by Crippen LogP contribution is 2.20. The average molecular weight is 327 g/mol. The van der Waals surface area contributed by atoms with E-state index in [1.165, 1.54) is 6.20 Å². The summed E-state index contributed by atoms with van der Waals surface area (Å²) in [7, 11) is 1.78. The third-order valence-electron chi connectivity index (χ3n) is 3.16. The van der Waals surface area contributed by atoms with E-state index in [-0.39, 0.29) is 11.9 Å². The number of rotatable bonds is 5. The van der Waals surface area contributed by atoms with Gasteiger partial charge in [0.15, 0.2) is 0 Å². The number of carbonyl (C=O) groups excluding carboxylic acids is 1. The molecule has 0 saturated heterocycles. The molecule has 1 atom stereocenters. The Kier molecular flexibility index (Phi) is 5.00. The number of carbonyl (C=O) groups is 1. The Morgan fingerprint density at radius 2 is 2.19 bits per heavy atom. The lowest BCUT2D eigenvalue weighted by atomic mass is 10.2. The third kappa shape index (κ3) is 3.83. The highest BCUT2D eigenvalue weighted by Gasteiger charge is 2.21. The fourth-order valence-corrected chi connectivity index (χ4v) is 2.91. The fraction of sp³-hybridized carbons (Fsp3) is 0.500. The number of amides is 1. The lowest BCUT2D eigenvalue weighted by Gasteiger charge is -2.20. The van der Waals surface area contributed by atoms with Gasteiger partial charge in [-0.1, -0.05) is 25.4 Å². The van der Waals surface area contributed by atoms with E-state index in [9.17, 15) is 4.79 Å². The molecule has 0 unspecified atom stereocenters. The molecule has 0 aliphatic rings. The second kappa shape index (κ2) is 6.58. The predicted octanol–water partition coefficient (Wildman–Crippen LogP) is 3.34. The molecule has 0 spiro atoms. The molecule has 0 radical (unpaired) electrons. The van der Waals surface area contributed by atoms with Gasteiger partial charge < -0.3 is 4.90 Å². The van der Waals surface area contributed by atoms with Gasteiger partial charge in [0.1, 0.15) is 6.04 Å². The Hall–Kier alpha value is -1.40. The van der Waals surface area contributed by atoms with Crippen molar-refractivity contribution in [2.75, 3.05) is 7.05 Å². The van der Waals surface area contributed by atoms with E-state index < -0.39 is 0 Å². The summed E-state index contributed by atoms with van der Waals surface area (Å²) in [6, 6.07) is -0.384. The number of likely N-dealkylation sites (N-methyl/N-ethyl adjacent to an activating group) is 1. The van der Waals surface area contributed by atoms with Gasteiger partial charge in [-0.05, 0) is 6.92 Å². The number of hydrogen-bond donors (Lipinski definition) is 0. The molecule has 21 heavy (non-hydrogen) atoms. The van der Waals surface area contributed by atoms with Crippen molar-refractivity contribution < 1.29 is 4.79 Å². The van der Waals surface area contributed by atoms with Crippen LogP contribution in [0.2, 0.25) is 5.02 Å². The lowest BCUT2D eigenvalue weighted by molar-refractivity contribution is -0.133. The number of nitrogens with zero attached hydrogens (tertiary/aromatic N) is 4. The first kappa shape index (κ1) is 16.0. The Labute approximate surface area is 133 Å². The first-order chi connectivity index (χ1) is 9.88. The van der Waals surface area contributed by atoms with Crippen molar-refractivity contribution in [2.24, 2.45) is 0 Å². The van der Waals surface area contributed by atoms with Gasteiger partial charge in [0.05, 0.1) is 28.5 Å². The number of halogens is 1. The van der Waals surface area contributed by atoms with Gasteiger partial charge in [-0.25, -0.2) is 4.98 Å². The molecule has 2 rings (SSSR count). The zero-order chi connectivity index (χ0) is 15.6. The van der Waals surface area contributed by atoms with Gasteiger partial charge in [0.2, 0.25) is 5.91 Å². The summed E-state index contributed by atoms with van der Waals surface area (Å²) < 4.78 is 1.57. The molecule has 2 aromatic rings. The minimum atomic E-state index is -0.384. The quantitative estimate of drug-likeness (QED) is 0.846. The number of aromatic nitrogens is 3. The normalized spacial score (nSPS) is 12.7. The van der Waals surface area contributed by atoms with Crippen molar-refractivity contribution >= 4 is 28.8 Å². The Morgan fingerprint density at radius 1 is 1.48 bits per heavy atom. The molecule has 1 amide bonds. The van der Waals surface area contributed by atoms with Crippen molar-refractivity contribution in [1.29, 1.82) is 0 Å². The van der Waals surface area contributed by atoms with Crippen molar-refractivity contribution in [3.05, 3.63) is 33.5 Å². The molecule has 114 valence electrons. The fourth-order valence-electron chi connectivity index (χ4n) is 1.94. The molecular weight excluding hydrogens is 308 g/mol. The van der Waals surface area contributed by atoms with Gasteiger partial charge in [0, 0.05) is 24.5 Å². The van der Waals surface area contributed by atoms with Crippen LogP contribution in [0.3, 0.4) is 0 Å². The Morgan fingerprint density at radius 3 is 2.71 bits per heavy atom. The monoisotopic (exact) mass is 326 g/mol. The van der Waals surface area contributed by atoms with Crippen LogP contribution in [0.4, 0.5) is 0 Å². The summed E-state index contributed by atoms with van der Waals surface area (Å²) in [5.41, 5.74) is 0.922. The van der Waals surface area contributed by atoms with E-state index in [0.29, 0.717) is 17.5 Å². The largest absolute Gasteiger partial charge is 0.338 e. The summed E-state index contributed by atoms with van der Waals surface area (Å²) in [5, 5.41) is 7.71. The molecule has 5 nitrogen and oxygen atoms in total. The zero-order valence-corrected chi connectivity index (χ0v) is 14.1. The molecule has 0 N–H and O–H groups in total. The molecule has 2 aromatic heterocycles. The third-order valence-corrected chi connectivity index (χ3v) is 4.55. The molecule has 0 bridgehead atoms. The highest BCUT2D eigenvalue weighted by molar-refractivity contribution is 7.09. The standard InChI is InChI=1S/C14H19ClN4OS/c1-9(2)13-17-12(8-21-13)7-18(4)14(20)10(3)19-6-11(15)5-16-19/h5-6,8-10H,7H2,1-4H3/t10-/m0/s1. The summed E-state index contributed by atoms with van der Waals surface area (Å²) in [6.45, 7) is 6.53. The molecule has 0 aromatic carbocycles. The molecular formula is C14H19ClN4OS. The van der Waals surface area contributed by atoms with Crippen LogP contribution in [0.5, 0.6) is 0 Å². The van der Waals surface area contributed by atoms with Crippen LogP contribution in [0.1, 0.15) is 43.4 Å². The molecule has 7 heteroatoms. The van der Waals surface area contributed by atoms with Crippen LogP contribution in [0.25, 0.3) is 0 Å². The van der Waals surface area contributed by atoms with E-state index in [1.54, 1.807) is 34.2 Å². The van der Waals surface area contributed by atoms with Gasteiger partial charge >= 0.3 is 0 Å². The minimum absolute atomic E-state index is 0.0196. The van der Waals surface area contributed by atoms with E-state index in [4.69, 9.17) is 11.6 Å². The second-order valence-electron chi connectivity index (χ2n) is 5.34. The van der Waals surface area contributed by atoms with Gasteiger partial charge in [0.25, 0.3) is 0 Å². The summed E-state index contributed by atoms with van der Waals surface area (Å²) in [5.74, 6) is 0.392. The molecule has 0 fully saturated rings. The topological polar surface area (TPSA) is 51.0 Å². The first-order valence-corrected chi connectivity index (χ1v) is 8.03. The van der Waals surface area contributed by atoms with Crippen LogP contribution < -0.4 is 0 Å². The van der Waals surface area contributed by atoms with Crippen molar-refractivity contribution in [2.45, 2.75) is 39.3 Å². The van der Waals surface area contributed by atoms with E-state index in [2.05, 4.69) is 23.9 Å². The zero-order valence-electron chi connectivity index (χ0n) is 12.6. The SMILES string of the molecule is CC(C)c1nc(CN(C)C(=O)[C@H](C)n2cc(Cl)cn2)cs1. The maximum atomic E-state index is 12.4. The van der Waals surface area contributed by atoms with Crippen LogP contribution in [-0.4, -0.2) is 32.6 Å². The van der Waals surface area contributed by atoms with E-state index in [1.807, 2.05) is 12.3 Å². The van der Waals surface area contributed by atoms with Gasteiger partial charge in [-0.3, -0.25) is 9.48 Å². The van der Waals surface area contributed by atoms with Crippen LogP contribution in [-0.2, 0) is 11.3 Å². The molecule has 2 heterocycles. The first-order valence-electron chi connectivity index (χ1n) is 6.77.